The molecule has 1 aliphatic rings. The van der Waals surface area contributed by atoms with Gasteiger partial charge in [-0.1, -0.05) is 30.7 Å². The largest absolute Gasteiger partial charge is 0.326 e. The Morgan fingerprint density at radius 1 is 1.15 bits per heavy atom. The van der Waals surface area contributed by atoms with Crippen LogP contribution < -0.4 is 5.32 Å². The van der Waals surface area contributed by atoms with Crippen LogP contribution in [0.5, 0.6) is 0 Å². The first-order valence-electron chi connectivity index (χ1n) is 9.40. The lowest BCUT2D eigenvalue weighted by Crippen LogP contribution is -2.34. The first kappa shape index (κ1) is 20.6. The zero-order chi connectivity index (χ0) is 19.0. The zero-order valence-electron chi connectivity index (χ0n) is 15.8. The van der Waals surface area contributed by atoms with Crippen molar-refractivity contribution in [3.63, 3.8) is 0 Å². The molecule has 0 saturated heterocycles. The van der Waals surface area contributed by atoms with Gasteiger partial charge >= 0.3 is 0 Å². The Balaban J connectivity index is 1.85. The molecule has 0 atom stereocenters. The van der Waals surface area contributed by atoms with E-state index in [-0.39, 0.29) is 18.9 Å². The van der Waals surface area contributed by atoms with Crippen LogP contribution in [0.1, 0.15) is 51.0 Å². The van der Waals surface area contributed by atoms with Gasteiger partial charge < -0.3 is 5.32 Å². The predicted octanol–water partition coefficient (Wildman–Crippen LogP) is 3.73. The molecule has 1 aliphatic carbocycles. The molecular weight excluding hydrogens is 348 g/mol. The molecule has 1 amide bonds. The van der Waals surface area contributed by atoms with E-state index in [0.29, 0.717) is 6.54 Å². The second-order valence-electron chi connectivity index (χ2n) is 6.87. The lowest BCUT2D eigenvalue weighted by molar-refractivity contribution is -0.116. The van der Waals surface area contributed by atoms with Gasteiger partial charge in [-0.25, -0.2) is 12.7 Å². The van der Waals surface area contributed by atoms with Gasteiger partial charge in [-0.3, -0.25) is 4.79 Å². The van der Waals surface area contributed by atoms with Gasteiger partial charge in [-0.15, -0.1) is 0 Å². The first-order chi connectivity index (χ1) is 12.4. The summed E-state index contributed by atoms with van der Waals surface area (Å²) in [4.78, 5) is 12.2. The molecule has 0 bridgehead atoms. The summed E-state index contributed by atoms with van der Waals surface area (Å²) in [5.74, 6) is -0.167. The van der Waals surface area contributed by atoms with E-state index in [1.165, 1.54) is 34.5 Å². The minimum atomic E-state index is -3.32. The molecule has 1 aromatic rings. The highest BCUT2D eigenvalue weighted by Gasteiger charge is 2.18. The normalized spacial score (nSPS) is 15.0. The van der Waals surface area contributed by atoms with Crippen molar-refractivity contribution in [2.45, 2.75) is 51.9 Å². The van der Waals surface area contributed by atoms with Crippen molar-refractivity contribution in [3.8, 4) is 0 Å². The maximum absolute atomic E-state index is 12.2. The molecule has 5 nitrogen and oxygen atoms in total. The van der Waals surface area contributed by atoms with Crippen molar-refractivity contribution in [3.05, 3.63) is 41.5 Å². The molecule has 26 heavy (non-hydrogen) atoms. The molecule has 0 aliphatic heterocycles. The second-order valence-corrected chi connectivity index (χ2v) is 8.85. The van der Waals surface area contributed by atoms with Crippen molar-refractivity contribution in [2.75, 3.05) is 24.7 Å². The number of hydrogen-bond donors (Lipinski definition) is 1. The van der Waals surface area contributed by atoms with Gasteiger partial charge in [0.25, 0.3) is 0 Å². The Morgan fingerprint density at radius 3 is 2.46 bits per heavy atom. The van der Waals surface area contributed by atoms with Crippen molar-refractivity contribution in [2.24, 2.45) is 0 Å². The number of rotatable bonds is 9. The molecule has 1 N–H and O–H groups in total. The number of nitrogens with one attached hydrogen (secondary N) is 1. The fourth-order valence-corrected chi connectivity index (χ4v) is 3.96. The van der Waals surface area contributed by atoms with Gasteiger partial charge in [0.2, 0.25) is 15.9 Å². The summed E-state index contributed by atoms with van der Waals surface area (Å²) in [6, 6.07) is 7.72. The topological polar surface area (TPSA) is 66.5 Å². The molecule has 0 fully saturated rings. The van der Waals surface area contributed by atoms with E-state index in [4.69, 9.17) is 0 Å². The van der Waals surface area contributed by atoms with Crippen LogP contribution in [0.2, 0.25) is 0 Å². The Bertz CT molecular complexity index is 724. The summed E-state index contributed by atoms with van der Waals surface area (Å²) in [7, 11) is -3.32. The predicted molar refractivity (Wildman–Crippen MR) is 107 cm³/mol. The van der Waals surface area contributed by atoms with E-state index >= 15 is 0 Å². The second kappa shape index (κ2) is 9.88. The third kappa shape index (κ3) is 6.92. The van der Waals surface area contributed by atoms with Crippen LogP contribution >= 0.6 is 0 Å². The number of allylic oxidation sites excluding steroid dienone is 1. The molecular formula is C20H30N2O3S. The molecule has 0 heterocycles. The summed E-state index contributed by atoms with van der Waals surface area (Å²) in [6.07, 6.45) is 9.87. The molecule has 6 heteroatoms. The van der Waals surface area contributed by atoms with Crippen LogP contribution in [0.15, 0.2) is 35.9 Å². The van der Waals surface area contributed by atoms with Crippen LogP contribution in [0.25, 0.3) is 0 Å². The monoisotopic (exact) mass is 378 g/mol. The number of anilines is 1. The minimum absolute atomic E-state index is 0.154. The van der Waals surface area contributed by atoms with E-state index in [1.807, 2.05) is 24.3 Å². The number of nitrogens with zero attached hydrogens (tertiary/aromatic N) is 1. The quantitative estimate of drug-likeness (QED) is 0.666. The van der Waals surface area contributed by atoms with E-state index in [1.54, 1.807) is 0 Å². The molecule has 1 aromatic carbocycles. The lowest BCUT2D eigenvalue weighted by Gasteiger charge is -2.21. The van der Waals surface area contributed by atoms with Gasteiger partial charge in [0.1, 0.15) is 0 Å². The fourth-order valence-electron chi connectivity index (χ4n) is 3.12. The van der Waals surface area contributed by atoms with E-state index in [2.05, 4.69) is 18.3 Å². The third-order valence-corrected chi connectivity index (χ3v) is 6.07. The van der Waals surface area contributed by atoms with Crippen molar-refractivity contribution in [1.82, 2.24) is 4.31 Å². The first-order valence-corrected chi connectivity index (χ1v) is 11.2. The summed E-state index contributed by atoms with van der Waals surface area (Å²) >= 11 is 0. The molecule has 0 aromatic heterocycles. The maximum Gasteiger partial charge on any atom is 0.225 e. The highest BCUT2D eigenvalue weighted by atomic mass is 32.2. The Morgan fingerprint density at radius 2 is 1.88 bits per heavy atom. The number of carbonyl (C=O) groups is 1. The summed E-state index contributed by atoms with van der Waals surface area (Å²) < 4.78 is 25.5. The van der Waals surface area contributed by atoms with Gasteiger partial charge in [0, 0.05) is 25.2 Å². The molecule has 0 saturated carbocycles. The van der Waals surface area contributed by atoms with E-state index in [9.17, 15) is 13.2 Å². The van der Waals surface area contributed by atoms with E-state index in [0.717, 1.165) is 31.4 Å². The Kier molecular flexibility index (Phi) is 7.85. The SMILES string of the molecule is CCc1ccc(NC(=O)CCN(CCC2=CCCCC2)S(C)(=O)=O)cc1. The molecule has 144 valence electrons. The number of benzene rings is 1. The van der Waals surface area contributed by atoms with Crippen molar-refractivity contribution in [1.29, 1.82) is 0 Å². The third-order valence-electron chi connectivity index (χ3n) is 4.77. The molecule has 0 spiro atoms. The summed E-state index contributed by atoms with van der Waals surface area (Å²) in [5.41, 5.74) is 3.29. The van der Waals surface area contributed by atoms with Gasteiger partial charge in [-0.2, -0.15) is 0 Å². The van der Waals surface area contributed by atoms with Crippen molar-refractivity contribution >= 4 is 21.6 Å². The number of aryl methyl sites for hydroxylation is 1. The average Bonchev–Trinajstić information content (AvgIpc) is 2.62. The standard InChI is InChI=1S/C20H30N2O3S/c1-3-17-9-11-19(12-10-17)21-20(23)14-16-22(26(2,24)25)15-13-18-7-5-4-6-8-18/h7,9-12H,3-6,8,13-16H2,1-2H3,(H,21,23). The summed E-state index contributed by atoms with van der Waals surface area (Å²) in [6.45, 7) is 2.74. The molecule has 0 unspecified atom stereocenters. The van der Waals surface area contributed by atoms with Gasteiger partial charge in [0.15, 0.2) is 0 Å². The smallest absolute Gasteiger partial charge is 0.225 e. The Hall–Kier alpha value is -1.66. The number of amides is 1. The molecule has 2 rings (SSSR count). The number of sulfonamides is 1. The van der Waals surface area contributed by atoms with Crippen molar-refractivity contribution < 1.29 is 13.2 Å². The van der Waals surface area contributed by atoms with Gasteiger partial charge in [-0.05, 0) is 56.2 Å². The van der Waals surface area contributed by atoms with Crippen LogP contribution in [0.3, 0.4) is 0 Å². The average molecular weight is 379 g/mol. The highest BCUT2D eigenvalue weighted by Crippen LogP contribution is 2.21. The number of carbonyl (C=O) groups excluding carboxylic acids is 1. The van der Waals surface area contributed by atoms with Crippen LogP contribution in [0.4, 0.5) is 5.69 Å². The highest BCUT2D eigenvalue weighted by molar-refractivity contribution is 7.88. The Labute approximate surface area is 157 Å². The molecule has 0 radical (unpaired) electrons. The maximum atomic E-state index is 12.2. The number of hydrogen-bond acceptors (Lipinski definition) is 3. The zero-order valence-corrected chi connectivity index (χ0v) is 16.6. The summed E-state index contributed by atoms with van der Waals surface area (Å²) in [5, 5.41) is 2.83. The lowest BCUT2D eigenvalue weighted by atomic mass is 9.97. The fraction of sp³-hybridized carbons (Fsp3) is 0.550. The van der Waals surface area contributed by atoms with Crippen LogP contribution in [-0.4, -0.2) is 38.0 Å². The van der Waals surface area contributed by atoms with Gasteiger partial charge in [0.05, 0.1) is 6.26 Å². The van der Waals surface area contributed by atoms with E-state index < -0.39 is 10.0 Å². The minimum Gasteiger partial charge on any atom is -0.326 e. The van der Waals surface area contributed by atoms with Crippen LogP contribution in [0, 0.1) is 0 Å². The van der Waals surface area contributed by atoms with Crippen LogP contribution in [-0.2, 0) is 21.2 Å².